The van der Waals surface area contributed by atoms with E-state index in [4.69, 9.17) is 5.73 Å². The van der Waals surface area contributed by atoms with Gasteiger partial charge in [0.05, 0.1) is 6.33 Å². The fourth-order valence-electron chi connectivity index (χ4n) is 1.95. The number of aromatic amines is 1. The number of nitrogen functional groups attached to an aromatic ring is 1. The molecule has 0 spiro atoms. The van der Waals surface area contributed by atoms with Gasteiger partial charge in [-0.3, -0.25) is 4.79 Å². The molecular weight excluding hydrogens is 206 g/mol. The Morgan fingerprint density at radius 3 is 3.06 bits per heavy atom. The van der Waals surface area contributed by atoms with E-state index in [9.17, 15) is 4.79 Å². The maximum Gasteiger partial charge on any atom is 0.276 e. The monoisotopic (exact) mass is 223 g/mol. The van der Waals surface area contributed by atoms with Crippen LogP contribution >= 0.6 is 0 Å². The number of nitrogens with two attached hydrogens (primary N) is 1. The van der Waals surface area contributed by atoms with E-state index >= 15 is 0 Å². The molecule has 2 heterocycles. The highest BCUT2D eigenvalue weighted by Crippen LogP contribution is 2.20. The summed E-state index contributed by atoms with van der Waals surface area (Å²) in [7, 11) is 0. The van der Waals surface area contributed by atoms with Gasteiger partial charge >= 0.3 is 0 Å². The van der Waals surface area contributed by atoms with Gasteiger partial charge in [0, 0.05) is 25.2 Å². The Kier molecular flexibility index (Phi) is 2.82. The molecule has 0 radical (unpaired) electrons. The Balaban J connectivity index is 2.35. The van der Waals surface area contributed by atoms with Crippen molar-refractivity contribution in [3.63, 3.8) is 0 Å². The predicted molar refractivity (Wildman–Crippen MR) is 63.5 cm³/mol. The van der Waals surface area contributed by atoms with Crippen LogP contribution in [0.4, 0.5) is 11.5 Å². The van der Waals surface area contributed by atoms with Crippen molar-refractivity contribution in [1.82, 2.24) is 15.3 Å². The molecule has 6 heteroatoms. The fraction of sp³-hybridized carbons (Fsp3) is 0.600. The molecule has 16 heavy (non-hydrogen) atoms. The number of nitrogens with zero attached hydrogens (tertiary/aromatic N) is 2. The lowest BCUT2D eigenvalue weighted by Gasteiger charge is -2.38. The van der Waals surface area contributed by atoms with Gasteiger partial charge < -0.3 is 20.9 Å². The van der Waals surface area contributed by atoms with Gasteiger partial charge in [-0.1, -0.05) is 0 Å². The number of rotatable bonds is 1. The van der Waals surface area contributed by atoms with Crippen molar-refractivity contribution in [3.05, 3.63) is 16.7 Å². The lowest BCUT2D eigenvalue weighted by Crippen LogP contribution is -2.55. The van der Waals surface area contributed by atoms with E-state index in [0.717, 1.165) is 13.1 Å². The van der Waals surface area contributed by atoms with Crippen molar-refractivity contribution < 1.29 is 0 Å². The molecule has 0 saturated carbocycles. The summed E-state index contributed by atoms with van der Waals surface area (Å²) in [5.41, 5.74) is 5.68. The maximum atomic E-state index is 11.4. The summed E-state index contributed by atoms with van der Waals surface area (Å²) >= 11 is 0. The van der Waals surface area contributed by atoms with Crippen molar-refractivity contribution in [2.24, 2.45) is 0 Å². The van der Waals surface area contributed by atoms with Crippen LogP contribution in [-0.4, -0.2) is 35.1 Å². The third-order valence-electron chi connectivity index (χ3n) is 2.90. The van der Waals surface area contributed by atoms with Gasteiger partial charge in [-0.05, 0) is 13.8 Å². The number of hydrogen-bond donors (Lipinski definition) is 3. The lowest BCUT2D eigenvalue weighted by atomic mass is 10.1. The van der Waals surface area contributed by atoms with Crippen LogP contribution in [0.1, 0.15) is 13.8 Å². The minimum absolute atomic E-state index is 0.198. The summed E-state index contributed by atoms with van der Waals surface area (Å²) in [5.74, 6) is 0.588. The van der Waals surface area contributed by atoms with Crippen molar-refractivity contribution in [1.29, 1.82) is 0 Å². The highest BCUT2D eigenvalue weighted by Gasteiger charge is 2.25. The SMILES string of the molecule is CC1CN(c2nc[nH]c(=O)c2N)C(C)CN1. The van der Waals surface area contributed by atoms with Crippen molar-refractivity contribution in [2.45, 2.75) is 25.9 Å². The largest absolute Gasteiger partial charge is 0.391 e. The van der Waals surface area contributed by atoms with Crippen molar-refractivity contribution in [2.75, 3.05) is 23.7 Å². The molecule has 6 nitrogen and oxygen atoms in total. The smallest absolute Gasteiger partial charge is 0.276 e. The molecule has 1 saturated heterocycles. The predicted octanol–water partition coefficient (Wildman–Crippen LogP) is -0.461. The Morgan fingerprint density at radius 2 is 2.31 bits per heavy atom. The first-order chi connectivity index (χ1) is 7.59. The zero-order valence-electron chi connectivity index (χ0n) is 9.53. The summed E-state index contributed by atoms with van der Waals surface area (Å²) in [6, 6.07) is 0.657. The molecule has 1 fully saturated rings. The molecule has 0 aliphatic carbocycles. The van der Waals surface area contributed by atoms with E-state index in [2.05, 4.69) is 34.0 Å². The first kappa shape index (κ1) is 10.9. The second kappa shape index (κ2) is 4.13. The van der Waals surface area contributed by atoms with Gasteiger partial charge in [0.15, 0.2) is 5.82 Å². The molecule has 0 bridgehead atoms. The highest BCUT2D eigenvalue weighted by atomic mass is 16.1. The average molecular weight is 223 g/mol. The zero-order chi connectivity index (χ0) is 11.7. The minimum Gasteiger partial charge on any atom is -0.391 e. The molecule has 1 aliphatic heterocycles. The van der Waals surface area contributed by atoms with E-state index in [0.29, 0.717) is 11.9 Å². The van der Waals surface area contributed by atoms with Crippen molar-refractivity contribution in [3.8, 4) is 0 Å². The summed E-state index contributed by atoms with van der Waals surface area (Å²) in [6.45, 7) is 5.86. The summed E-state index contributed by atoms with van der Waals surface area (Å²) in [4.78, 5) is 20.1. The van der Waals surface area contributed by atoms with E-state index in [-0.39, 0.29) is 17.3 Å². The molecule has 2 atom stereocenters. The standard InChI is InChI=1S/C10H17N5O/c1-6-4-15(7(2)3-12-6)9-8(11)10(16)14-5-13-9/h5-7,12H,3-4,11H2,1-2H3,(H,13,14,16). The third-order valence-corrected chi connectivity index (χ3v) is 2.90. The van der Waals surface area contributed by atoms with Gasteiger partial charge in [-0.15, -0.1) is 0 Å². The molecular formula is C10H17N5O. The van der Waals surface area contributed by atoms with Crippen LogP contribution in [0.5, 0.6) is 0 Å². The Labute approximate surface area is 93.9 Å². The second-order valence-corrected chi connectivity index (χ2v) is 4.28. The number of piperazine rings is 1. The van der Waals surface area contributed by atoms with Crippen LogP contribution in [0.15, 0.2) is 11.1 Å². The zero-order valence-corrected chi connectivity index (χ0v) is 9.53. The minimum atomic E-state index is -0.275. The molecule has 1 aromatic rings. The van der Waals surface area contributed by atoms with E-state index < -0.39 is 0 Å². The number of aromatic nitrogens is 2. The number of H-pyrrole nitrogens is 1. The molecule has 2 unspecified atom stereocenters. The van der Waals surface area contributed by atoms with Crippen LogP contribution in [0.3, 0.4) is 0 Å². The van der Waals surface area contributed by atoms with E-state index in [1.165, 1.54) is 6.33 Å². The molecule has 88 valence electrons. The normalized spacial score (nSPS) is 25.8. The van der Waals surface area contributed by atoms with Gasteiger partial charge in [0.2, 0.25) is 0 Å². The molecule has 1 aliphatic rings. The summed E-state index contributed by atoms with van der Waals surface area (Å²) < 4.78 is 0. The summed E-state index contributed by atoms with van der Waals surface area (Å²) in [6.07, 6.45) is 1.40. The second-order valence-electron chi connectivity index (χ2n) is 4.28. The first-order valence-corrected chi connectivity index (χ1v) is 5.42. The first-order valence-electron chi connectivity index (χ1n) is 5.42. The molecule has 1 aromatic heterocycles. The Hall–Kier alpha value is -1.56. The lowest BCUT2D eigenvalue weighted by molar-refractivity contribution is 0.423. The topological polar surface area (TPSA) is 87.0 Å². The number of hydrogen-bond acceptors (Lipinski definition) is 5. The van der Waals surface area contributed by atoms with Gasteiger partial charge in [-0.2, -0.15) is 0 Å². The van der Waals surface area contributed by atoms with Gasteiger partial charge in [0.1, 0.15) is 5.69 Å². The highest BCUT2D eigenvalue weighted by molar-refractivity contribution is 5.61. The van der Waals surface area contributed by atoms with Crippen LogP contribution < -0.4 is 21.5 Å². The van der Waals surface area contributed by atoms with Gasteiger partial charge in [-0.25, -0.2) is 4.98 Å². The number of nitrogens with one attached hydrogen (secondary N) is 2. The third kappa shape index (κ3) is 1.88. The number of anilines is 2. The van der Waals surface area contributed by atoms with Crippen molar-refractivity contribution >= 4 is 11.5 Å². The molecule has 2 rings (SSSR count). The quantitative estimate of drug-likeness (QED) is 0.599. The maximum absolute atomic E-state index is 11.4. The van der Waals surface area contributed by atoms with E-state index in [1.54, 1.807) is 0 Å². The average Bonchev–Trinajstić information content (AvgIpc) is 2.26. The van der Waals surface area contributed by atoms with Crippen LogP contribution in [0, 0.1) is 0 Å². The summed E-state index contributed by atoms with van der Waals surface area (Å²) in [5, 5.41) is 3.37. The van der Waals surface area contributed by atoms with Gasteiger partial charge in [0.25, 0.3) is 5.56 Å². The Bertz CT molecular complexity index is 429. The molecule has 4 N–H and O–H groups in total. The van der Waals surface area contributed by atoms with E-state index in [1.807, 2.05) is 0 Å². The Morgan fingerprint density at radius 1 is 1.56 bits per heavy atom. The molecule has 0 amide bonds. The molecule has 0 aromatic carbocycles. The van der Waals surface area contributed by atoms with Crippen LogP contribution in [-0.2, 0) is 0 Å². The van der Waals surface area contributed by atoms with Crippen LogP contribution in [0.25, 0.3) is 0 Å². The van der Waals surface area contributed by atoms with Crippen LogP contribution in [0.2, 0.25) is 0 Å². The fourth-order valence-corrected chi connectivity index (χ4v) is 1.95.